The Hall–Kier alpha value is -6.94. The highest BCUT2D eigenvalue weighted by molar-refractivity contribution is 7.15. The Morgan fingerprint density at radius 3 is 1.41 bits per heavy atom. The molecule has 8 bridgehead atoms. The van der Waals surface area contributed by atoms with Gasteiger partial charge in [-0.3, -0.25) is 49.2 Å². The molecular weight excluding hydrogens is 1030 g/mol. The van der Waals surface area contributed by atoms with Crippen molar-refractivity contribution in [1.82, 2.24) is 40.8 Å². The molecule has 18 nitrogen and oxygen atoms in total. The molecule has 0 saturated carbocycles. The first-order valence-electron chi connectivity index (χ1n) is 26.5. The second kappa shape index (κ2) is 29.2. The molecule has 2 N–H and O–H groups in total. The number of fused-ring (bicyclic) bond motifs is 10. The van der Waals surface area contributed by atoms with Gasteiger partial charge in [-0.15, -0.1) is 20.4 Å². The third-order valence-corrected chi connectivity index (χ3v) is 15.9. The van der Waals surface area contributed by atoms with Gasteiger partial charge in [-0.25, -0.2) is 0 Å². The number of esters is 2. The van der Waals surface area contributed by atoms with Crippen LogP contribution < -0.4 is 10.6 Å². The largest absolute Gasteiger partial charge is 0.464 e. The van der Waals surface area contributed by atoms with Gasteiger partial charge in [0.1, 0.15) is 33.2 Å². The Morgan fingerprint density at radius 2 is 1.00 bits per heavy atom. The van der Waals surface area contributed by atoms with Gasteiger partial charge < -0.3 is 18.9 Å². The van der Waals surface area contributed by atoms with Gasteiger partial charge in [-0.1, -0.05) is 120 Å². The molecule has 0 radical (unpaired) electrons. The third-order valence-electron chi connectivity index (χ3n) is 13.8. The summed E-state index contributed by atoms with van der Waals surface area (Å²) < 4.78 is 22.3. The number of nitrogens with zero attached hydrogens (tertiary/aromatic N) is 6. The number of hydrogen-bond donors (Lipinski definition) is 2. The summed E-state index contributed by atoms with van der Waals surface area (Å²) in [5.41, 5.74) is 4.39. The zero-order valence-electron chi connectivity index (χ0n) is 44.0. The predicted molar refractivity (Wildman–Crippen MR) is 294 cm³/mol. The van der Waals surface area contributed by atoms with Gasteiger partial charge in [0.2, 0.25) is 23.6 Å². The molecule has 4 aromatic carbocycles. The molecule has 410 valence electrons. The van der Waals surface area contributed by atoms with Gasteiger partial charge >= 0.3 is 11.9 Å². The number of imide groups is 2. The van der Waals surface area contributed by atoms with Crippen LogP contribution in [0.5, 0.6) is 0 Å². The first-order valence-corrected chi connectivity index (χ1v) is 28.2. The van der Waals surface area contributed by atoms with Crippen molar-refractivity contribution in [3.8, 4) is 21.1 Å². The van der Waals surface area contributed by atoms with Crippen molar-refractivity contribution in [2.45, 2.75) is 76.0 Å². The number of hydrogen-bond acceptors (Lipinski definition) is 18. The van der Waals surface area contributed by atoms with Gasteiger partial charge in [0.05, 0.1) is 62.9 Å². The van der Waals surface area contributed by atoms with Crippen LogP contribution in [0.4, 0.5) is 0 Å². The maximum Gasteiger partial charge on any atom is 0.307 e. The Balaban J connectivity index is 0.000000320. The lowest BCUT2D eigenvalue weighted by Crippen LogP contribution is -2.41. The van der Waals surface area contributed by atoms with Gasteiger partial charge in [-0.2, -0.15) is 0 Å². The molecule has 0 spiro atoms. The van der Waals surface area contributed by atoms with Crippen LogP contribution in [0.2, 0.25) is 0 Å². The van der Waals surface area contributed by atoms with E-state index in [1.54, 1.807) is 26.0 Å². The van der Waals surface area contributed by atoms with E-state index < -0.39 is 35.6 Å². The number of rotatable bonds is 14. The lowest BCUT2D eigenvalue weighted by molar-refractivity contribution is -0.146. The Morgan fingerprint density at radius 1 is 0.590 bits per heavy atom. The van der Waals surface area contributed by atoms with Crippen LogP contribution in [0, 0.1) is 0 Å². The monoisotopic (exact) mass is 1100 g/mol. The minimum atomic E-state index is -1.04. The summed E-state index contributed by atoms with van der Waals surface area (Å²) >= 11 is 2.97. The molecule has 20 heteroatoms. The highest BCUT2D eigenvalue weighted by atomic mass is 32.1. The second-order valence-electron chi connectivity index (χ2n) is 19.3. The van der Waals surface area contributed by atoms with Crippen LogP contribution in [0.1, 0.15) is 95.5 Å². The number of aryl methyl sites for hydroxylation is 2. The Kier molecular flexibility index (Phi) is 21.4. The summed E-state index contributed by atoms with van der Waals surface area (Å²) in [6, 6.07) is 33.5. The summed E-state index contributed by atoms with van der Waals surface area (Å²) in [7, 11) is 0. The van der Waals surface area contributed by atoms with E-state index in [0.717, 1.165) is 84.1 Å². The minimum Gasteiger partial charge on any atom is -0.464 e. The molecule has 3 aliphatic rings. The molecule has 3 aliphatic heterocycles. The highest BCUT2D eigenvalue weighted by Crippen LogP contribution is 2.31. The van der Waals surface area contributed by atoms with E-state index >= 15 is 0 Å². The maximum absolute atomic E-state index is 14.2. The smallest absolute Gasteiger partial charge is 0.307 e. The summed E-state index contributed by atoms with van der Waals surface area (Å²) in [5, 5.41) is 26.0. The van der Waals surface area contributed by atoms with Crippen LogP contribution in [0.3, 0.4) is 0 Å². The summed E-state index contributed by atoms with van der Waals surface area (Å²) in [6.07, 6.45) is 3.61. The standard InChI is InChI=1S/C40H47N7O8S2.C18H19NO2/c48-35(11-13-46-15-19-52-20-16-46)54-25-31-27-5-3-7-29(23-27)39-44-42-33(56-39)9-1-2-10-34-43-45-40(57-34)30-8-4-6-28(24-30)32(38(51)41-37(31)50)26-55-36(49)12-14-47-17-21-53-22-18-47;1-13(15-9-5-3-6-10-15)17(20)19-18(21)14(2)16-11-7-4-8-12-16/h3-8,23-24,31-32H,1-2,9-22,25-26H2,(H,41,50,51);3-14H,1-2H3,(H,19,20,21). The van der Waals surface area contributed by atoms with Crippen molar-refractivity contribution in [3.05, 3.63) is 141 Å². The molecule has 4 unspecified atom stereocenters. The summed E-state index contributed by atoms with van der Waals surface area (Å²) in [6.45, 7) is 9.41. The molecule has 4 amide bonds. The van der Waals surface area contributed by atoms with Crippen molar-refractivity contribution in [3.63, 3.8) is 0 Å². The van der Waals surface area contributed by atoms with Crippen LogP contribution in [-0.2, 0) is 60.6 Å². The van der Waals surface area contributed by atoms with Crippen LogP contribution in [0.25, 0.3) is 21.1 Å². The van der Waals surface area contributed by atoms with Gasteiger partial charge in [0, 0.05) is 63.2 Å². The van der Waals surface area contributed by atoms with Crippen molar-refractivity contribution < 1.29 is 47.7 Å². The average Bonchev–Trinajstić information content (AvgIpc) is 4.18. The summed E-state index contributed by atoms with van der Waals surface area (Å²) in [4.78, 5) is 83.1. The normalized spacial score (nSPS) is 18.1. The molecule has 9 rings (SSSR count). The fourth-order valence-corrected chi connectivity index (χ4v) is 10.7. The molecule has 2 saturated heterocycles. The number of nitrogens with one attached hydrogen (secondary N) is 2. The topological polar surface area (TPSA) is 221 Å². The van der Waals surface area contributed by atoms with E-state index in [4.69, 9.17) is 18.9 Å². The van der Waals surface area contributed by atoms with Crippen LogP contribution >= 0.6 is 22.7 Å². The highest BCUT2D eigenvalue weighted by Gasteiger charge is 2.31. The molecule has 2 fully saturated rings. The Bertz CT molecular complexity index is 2750. The van der Waals surface area contributed by atoms with E-state index in [1.165, 1.54) is 22.7 Å². The number of morpholine rings is 2. The first kappa shape index (κ1) is 57.2. The first-order chi connectivity index (χ1) is 38.0. The van der Waals surface area contributed by atoms with E-state index in [0.29, 0.717) is 60.7 Å². The molecule has 6 aromatic rings. The fourth-order valence-electron chi connectivity index (χ4n) is 8.98. The van der Waals surface area contributed by atoms with Gasteiger partial charge in [0.15, 0.2) is 0 Å². The fraction of sp³-hybridized carbons (Fsp3) is 0.414. The summed E-state index contributed by atoms with van der Waals surface area (Å²) in [5.74, 6) is -5.53. The van der Waals surface area contributed by atoms with Crippen molar-refractivity contribution in [1.29, 1.82) is 0 Å². The maximum atomic E-state index is 14.2. The van der Waals surface area contributed by atoms with Crippen molar-refractivity contribution in [2.75, 3.05) is 78.9 Å². The number of ether oxygens (including phenoxy) is 4. The lowest BCUT2D eigenvalue weighted by Gasteiger charge is -2.26. The van der Waals surface area contributed by atoms with Crippen molar-refractivity contribution in [2.24, 2.45) is 0 Å². The molecule has 78 heavy (non-hydrogen) atoms. The van der Waals surface area contributed by atoms with Gasteiger partial charge in [-0.05, 0) is 61.1 Å². The van der Waals surface area contributed by atoms with Crippen molar-refractivity contribution >= 4 is 58.2 Å². The molecule has 5 heterocycles. The third kappa shape index (κ3) is 16.8. The average molecular weight is 1100 g/mol. The van der Waals surface area contributed by atoms with E-state index in [1.807, 2.05) is 97.1 Å². The predicted octanol–water partition coefficient (Wildman–Crippen LogP) is 6.88. The van der Waals surface area contributed by atoms with E-state index in [-0.39, 0.29) is 49.7 Å². The van der Waals surface area contributed by atoms with E-state index in [9.17, 15) is 28.8 Å². The second-order valence-corrected chi connectivity index (χ2v) is 21.4. The van der Waals surface area contributed by atoms with Crippen LogP contribution in [0.15, 0.2) is 109 Å². The van der Waals surface area contributed by atoms with E-state index in [2.05, 4.69) is 40.8 Å². The van der Waals surface area contributed by atoms with Crippen LogP contribution in [-0.4, -0.2) is 145 Å². The SMILES string of the molecule is CC(C(=O)NC(=O)C(C)c1ccccc1)c1ccccc1.O=C(CCN1CCOCC1)OCC1C(=O)NC(=O)C(COC(=O)CCN2CCOCC2)c2cccc(c2)-c2nnc(s2)CCCCc2nnc(s2)-c2cccc1c2. The zero-order chi connectivity index (χ0) is 54.6. The Labute approximate surface area is 462 Å². The molecule has 0 aliphatic carbocycles. The molecular formula is C58H66N8O10S2. The zero-order valence-corrected chi connectivity index (χ0v) is 45.6. The number of carbonyl (C=O) groups is 6. The lowest BCUT2D eigenvalue weighted by atomic mass is 9.95. The van der Waals surface area contributed by atoms with Gasteiger partial charge in [0.25, 0.3) is 0 Å². The number of benzene rings is 4. The number of carbonyl (C=O) groups excluding carboxylic acids is 6. The minimum absolute atomic E-state index is 0.145. The quantitative estimate of drug-likeness (QED) is 0.0838. The number of aromatic nitrogens is 4. The molecule has 2 aromatic heterocycles. The molecule has 4 atom stereocenters. The number of amides is 4.